The number of aryl methyl sites for hydroxylation is 1. The molecule has 2 unspecified atom stereocenters. The fourth-order valence-corrected chi connectivity index (χ4v) is 6.41. The van der Waals surface area contributed by atoms with Crippen LogP contribution in [0.5, 0.6) is 0 Å². The van der Waals surface area contributed by atoms with E-state index in [1.165, 1.54) is 17.8 Å². The lowest BCUT2D eigenvalue weighted by Crippen LogP contribution is -2.30. The minimum atomic E-state index is -0.346. The summed E-state index contributed by atoms with van der Waals surface area (Å²) in [5, 5.41) is 23.0. The van der Waals surface area contributed by atoms with E-state index in [-0.39, 0.29) is 29.5 Å². The van der Waals surface area contributed by atoms with Crippen molar-refractivity contribution in [3.05, 3.63) is 59.5 Å². The van der Waals surface area contributed by atoms with Crippen molar-refractivity contribution < 1.29 is 14.7 Å². The molecule has 2 aliphatic carbocycles. The number of hydrogen-bond donors (Lipinski definition) is 2. The number of amides is 1. The van der Waals surface area contributed by atoms with Gasteiger partial charge < -0.3 is 15.0 Å². The third-order valence-electron chi connectivity index (χ3n) is 8.56. The molecule has 2 fully saturated rings. The first-order valence-corrected chi connectivity index (χ1v) is 13.9. The van der Waals surface area contributed by atoms with Crippen molar-refractivity contribution in [2.24, 2.45) is 18.9 Å². The molecule has 7 nitrogen and oxygen atoms in total. The number of nitrogens with one attached hydrogen (secondary N) is 1. The lowest BCUT2D eigenvalue weighted by molar-refractivity contribution is -0.129. The molecule has 0 bridgehead atoms. The monoisotopic (exact) mass is 512 g/mol. The molecule has 38 heavy (non-hydrogen) atoms. The van der Waals surface area contributed by atoms with Crippen LogP contribution in [0.4, 0.5) is 5.69 Å². The van der Waals surface area contributed by atoms with Gasteiger partial charge in [-0.1, -0.05) is 12.8 Å². The second-order valence-corrected chi connectivity index (χ2v) is 11.1. The molecule has 198 valence electrons. The summed E-state index contributed by atoms with van der Waals surface area (Å²) < 4.78 is 2.14. The summed E-state index contributed by atoms with van der Waals surface area (Å²) >= 11 is 0. The van der Waals surface area contributed by atoms with Crippen LogP contribution in [-0.4, -0.2) is 32.5 Å². The van der Waals surface area contributed by atoms with Gasteiger partial charge in [-0.15, -0.1) is 0 Å². The number of hydrogen-bond acceptors (Lipinski definition) is 5. The minimum Gasteiger partial charge on any atom is -0.393 e. The number of carbonyl (C=O) groups is 2. The Hall–Kier alpha value is -3.50. The van der Waals surface area contributed by atoms with Gasteiger partial charge in [0.2, 0.25) is 0 Å². The molecule has 2 N–H and O–H groups in total. The van der Waals surface area contributed by atoms with Gasteiger partial charge in [0.15, 0.2) is 0 Å². The molecule has 1 amide bonds. The number of carbonyl (C=O) groups excluding carboxylic acids is 2. The topological polar surface area (TPSA) is 108 Å². The fraction of sp³-hybridized carbons (Fsp3) is 0.484. The molecule has 0 aliphatic heterocycles. The summed E-state index contributed by atoms with van der Waals surface area (Å²) in [7, 11) is 2.05. The van der Waals surface area contributed by atoms with Gasteiger partial charge in [-0.05, 0) is 93.2 Å². The Balaban J connectivity index is 1.33. The SMILES string of the molecule is Cn1cc(C2CCCCC(C(=O)C3CCC(O)CC3)CC2)c2cc(NC(=O)c3cc(C#N)ccn3)ccc21. The zero-order valence-corrected chi connectivity index (χ0v) is 22.0. The lowest BCUT2D eigenvalue weighted by Gasteiger charge is -2.30. The van der Waals surface area contributed by atoms with E-state index in [1.54, 1.807) is 6.07 Å². The number of rotatable bonds is 5. The average molecular weight is 513 g/mol. The van der Waals surface area contributed by atoms with Crippen LogP contribution in [0.2, 0.25) is 0 Å². The van der Waals surface area contributed by atoms with Gasteiger partial charge in [0, 0.05) is 47.9 Å². The number of ketones is 1. The van der Waals surface area contributed by atoms with E-state index in [2.05, 4.69) is 21.1 Å². The van der Waals surface area contributed by atoms with E-state index in [0.29, 0.717) is 23.0 Å². The van der Waals surface area contributed by atoms with Crippen molar-refractivity contribution in [1.82, 2.24) is 9.55 Å². The molecule has 2 atom stereocenters. The molecule has 7 heteroatoms. The third kappa shape index (κ3) is 5.66. The second-order valence-electron chi connectivity index (χ2n) is 11.1. The van der Waals surface area contributed by atoms with E-state index < -0.39 is 0 Å². The summed E-state index contributed by atoms with van der Waals surface area (Å²) in [6, 6.07) is 11.1. The number of aliphatic hydroxyl groups excluding tert-OH is 1. The number of anilines is 1. The van der Waals surface area contributed by atoms with Crippen molar-refractivity contribution in [1.29, 1.82) is 5.26 Å². The summed E-state index contributed by atoms with van der Waals surface area (Å²) in [5.41, 5.74) is 3.68. The van der Waals surface area contributed by atoms with Crippen LogP contribution in [0.15, 0.2) is 42.7 Å². The number of nitriles is 1. The van der Waals surface area contributed by atoms with Gasteiger partial charge in [-0.3, -0.25) is 14.6 Å². The molecule has 2 heterocycles. The summed E-state index contributed by atoms with van der Waals surface area (Å²) in [6.07, 6.45) is 12.7. The number of benzene rings is 1. The molecule has 2 saturated carbocycles. The maximum atomic E-state index is 13.3. The van der Waals surface area contributed by atoms with Crippen LogP contribution in [-0.2, 0) is 11.8 Å². The van der Waals surface area contributed by atoms with Crippen molar-refractivity contribution in [2.75, 3.05) is 5.32 Å². The van der Waals surface area contributed by atoms with E-state index in [4.69, 9.17) is 5.26 Å². The van der Waals surface area contributed by atoms with Gasteiger partial charge in [-0.25, -0.2) is 0 Å². The molecule has 0 spiro atoms. The molecular formula is C31H36N4O3. The Labute approximate surface area is 223 Å². The number of nitrogens with zero attached hydrogens (tertiary/aromatic N) is 3. The Morgan fingerprint density at radius 1 is 1.00 bits per heavy atom. The van der Waals surface area contributed by atoms with Crippen LogP contribution in [0, 0.1) is 23.2 Å². The number of pyridine rings is 1. The lowest BCUT2D eigenvalue weighted by atomic mass is 9.75. The predicted octanol–water partition coefficient (Wildman–Crippen LogP) is 5.87. The van der Waals surface area contributed by atoms with E-state index in [1.807, 2.05) is 31.3 Å². The maximum Gasteiger partial charge on any atom is 0.274 e. The minimum absolute atomic E-state index is 0.119. The molecule has 2 aromatic heterocycles. The van der Waals surface area contributed by atoms with Crippen LogP contribution in [0.25, 0.3) is 10.9 Å². The van der Waals surface area contributed by atoms with Crippen LogP contribution in [0.3, 0.4) is 0 Å². The Morgan fingerprint density at radius 2 is 1.74 bits per heavy atom. The first kappa shape index (κ1) is 26.1. The van der Waals surface area contributed by atoms with Gasteiger partial charge in [0.05, 0.1) is 17.7 Å². The first-order chi connectivity index (χ1) is 18.4. The zero-order chi connectivity index (χ0) is 26.6. The number of fused-ring (bicyclic) bond motifs is 1. The van der Waals surface area contributed by atoms with Crippen molar-refractivity contribution in [2.45, 2.75) is 76.2 Å². The van der Waals surface area contributed by atoms with E-state index >= 15 is 0 Å². The van der Waals surface area contributed by atoms with Crippen molar-refractivity contribution in [3.8, 4) is 6.07 Å². The second kappa shape index (κ2) is 11.5. The molecular weight excluding hydrogens is 476 g/mol. The molecule has 2 aliphatic rings. The Morgan fingerprint density at radius 3 is 2.53 bits per heavy atom. The molecule has 0 radical (unpaired) electrons. The molecule has 5 rings (SSSR count). The first-order valence-electron chi connectivity index (χ1n) is 13.9. The smallest absolute Gasteiger partial charge is 0.274 e. The van der Waals surface area contributed by atoms with E-state index in [9.17, 15) is 14.7 Å². The van der Waals surface area contributed by atoms with Crippen LogP contribution in [0.1, 0.15) is 91.7 Å². The highest BCUT2D eigenvalue weighted by Crippen LogP contribution is 2.39. The van der Waals surface area contributed by atoms with Gasteiger partial charge in [0.25, 0.3) is 5.91 Å². The molecule has 1 aromatic carbocycles. The van der Waals surface area contributed by atoms with Gasteiger partial charge >= 0.3 is 0 Å². The van der Waals surface area contributed by atoms with Crippen LogP contribution >= 0.6 is 0 Å². The fourth-order valence-electron chi connectivity index (χ4n) is 6.41. The summed E-state index contributed by atoms with van der Waals surface area (Å²) in [6.45, 7) is 0. The highest BCUT2D eigenvalue weighted by molar-refractivity contribution is 6.04. The number of aromatic nitrogens is 2. The quantitative estimate of drug-likeness (QED) is 0.444. The van der Waals surface area contributed by atoms with Crippen molar-refractivity contribution >= 4 is 28.3 Å². The Kier molecular flexibility index (Phi) is 7.90. The van der Waals surface area contributed by atoms with Crippen molar-refractivity contribution in [3.63, 3.8) is 0 Å². The standard InChI is InChI=1S/C31H36N4O3/c1-35-19-27(21-4-2-3-5-22(7-6-21)30(37)23-8-11-25(36)12-9-23)26-17-24(10-13-29(26)35)34-31(38)28-16-20(18-32)14-15-33-28/h10,13-17,19,21-23,25,36H,2-9,11-12H2,1H3,(H,34,38). The number of aliphatic hydroxyl groups is 1. The van der Waals surface area contributed by atoms with Crippen LogP contribution < -0.4 is 5.32 Å². The summed E-state index contributed by atoms with van der Waals surface area (Å²) in [5.74, 6) is 0.686. The largest absolute Gasteiger partial charge is 0.393 e. The van der Waals surface area contributed by atoms with Gasteiger partial charge in [-0.2, -0.15) is 5.26 Å². The van der Waals surface area contributed by atoms with Gasteiger partial charge in [0.1, 0.15) is 11.5 Å². The highest BCUT2D eigenvalue weighted by Gasteiger charge is 2.32. The normalized spacial score (nSPS) is 24.2. The summed E-state index contributed by atoms with van der Waals surface area (Å²) in [4.78, 5) is 30.3. The maximum absolute atomic E-state index is 13.3. The Bertz CT molecular complexity index is 1360. The highest BCUT2D eigenvalue weighted by atomic mass is 16.3. The number of Topliss-reactive ketones (excluding diaryl/α,β-unsaturated/α-hetero) is 1. The average Bonchev–Trinajstić information content (AvgIpc) is 3.24. The van der Waals surface area contributed by atoms with E-state index in [0.717, 1.165) is 75.1 Å². The third-order valence-corrected chi connectivity index (χ3v) is 8.56. The predicted molar refractivity (Wildman–Crippen MR) is 147 cm³/mol. The molecule has 0 saturated heterocycles. The zero-order valence-electron chi connectivity index (χ0n) is 22.0. The molecule has 3 aromatic rings.